The minimum absolute atomic E-state index is 0.348. The first-order valence-electron chi connectivity index (χ1n) is 10.7. The van der Waals surface area contributed by atoms with E-state index in [0.717, 1.165) is 11.3 Å². The Bertz CT molecular complexity index is 940. The van der Waals surface area contributed by atoms with Gasteiger partial charge in [-0.15, -0.1) is 6.58 Å². The monoisotopic (exact) mass is 471 g/mol. The standard InChI is InChI=1S/C25H30ClN3O4/c1-4-18-32-23(20-10-6-5-7-11-20)24(31-3)29-17-16-28(25(29)33-19(2)30)15-14-27-22-13-9-8-12-21(22)26/h4-13,16-17,23-25,27H,1,14-15,18H2,2-3H3. The summed E-state index contributed by atoms with van der Waals surface area (Å²) in [4.78, 5) is 15.7. The molecule has 1 aliphatic heterocycles. The molecule has 1 aliphatic rings. The Labute approximate surface area is 200 Å². The minimum atomic E-state index is -0.681. The van der Waals surface area contributed by atoms with Gasteiger partial charge in [0.2, 0.25) is 0 Å². The van der Waals surface area contributed by atoms with Gasteiger partial charge >= 0.3 is 5.97 Å². The molecule has 0 aliphatic carbocycles. The van der Waals surface area contributed by atoms with E-state index in [9.17, 15) is 4.79 Å². The molecule has 3 atom stereocenters. The second kappa shape index (κ2) is 12.3. The first-order chi connectivity index (χ1) is 16.0. The van der Waals surface area contributed by atoms with Gasteiger partial charge in [-0.2, -0.15) is 0 Å². The molecule has 0 amide bonds. The molecule has 0 fully saturated rings. The highest BCUT2D eigenvalue weighted by Crippen LogP contribution is 2.31. The molecule has 0 spiro atoms. The van der Waals surface area contributed by atoms with Crippen LogP contribution in [0.1, 0.15) is 18.6 Å². The van der Waals surface area contributed by atoms with Crippen LogP contribution in [0.2, 0.25) is 5.02 Å². The number of esters is 1. The van der Waals surface area contributed by atoms with Crippen molar-refractivity contribution < 1.29 is 19.0 Å². The Morgan fingerprint density at radius 3 is 2.58 bits per heavy atom. The van der Waals surface area contributed by atoms with Crippen LogP contribution in [-0.4, -0.2) is 55.2 Å². The van der Waals surface area contributed by atoms with E-state index in [0.29, 0.717) is 24.7 Å². The van der Waals surface area contributed by atoms with Crippen LogP contribution in [0.5, 0.6) is 0 Å². The molecule has 1 N–H and O–H groups in total. The number of halogens is 1. The lowest BCUT2D eigenvalue weighted by Gasteiger charge is -2.39. The van der Waals surface area contributed by atoms with E-state index in [1.54, 1.807) is 13.2 Å². The number of carbonyl (C=O) groups excluding carboxylic acids is 1. The fraction of sp³-hybridized carbons (Fsp3) is 0.320. The number of nitrogens with one attached hydrogen (secondary N) is 1. The van der Waals surface area contributed by atoms with Crippen LogP contribution >= 0.6 is 11.6 Å². The van der Waals surface area contributed by atoms with Crippen molar-refractivity contribution >= 4 is 23.3 Å². The first-order valence-corrected chi connectivity index (χ1v) is 11.1. The Hall–Kier alpha value is -3.00. The molecule has 0 saturated heterocycles. The summed E-state index contributed by atoms with van der Waals surface area (Å²) in [5.41, 5.74) is 1.79. The van der Waals surface area contributed by atoms with Crippen LogP contribution in [-0.2, 0) is 19.0 Å². The van der Waals surface area contributed by atoms with Gasteiger partial charge in [-0.3, -0.25) is 9.69 Å². The Balaban J connectivity index is 1.76. The zero-order valence-corrected chi connectivity index (χ0v) is 19.6. The highest BCUT2D eigenvalue weighted by Gasteiger charge is 2.38. The van der Waals surface area contributed by atoms with Crippen LogP contribution in [0.15, 0.2) is 79.7 Å². The maximum atomic E-state index is 11.9. The van der Waals surface area contributed by atoms with Gasteiger partial charge < -0.3 is 24.4 Å². The molecule has 3 unspecified atom stereocenters. The number of rotatable bonds is 12. The van der Waals surface area contributed by atoms with Crippen molar-refractivity contribution in [3.63, 3.8) is 0 Å². The average molecular weight is 472 g/mol. The van der Waals surface area contributed by atoms with Crippen molar-refractivity contribution in [1.29, 1.82) is 0 Å². The van der Waals surface area contributed by atoms with E-state index in [-0.39, 0.29) is 0 Å². The zero-order chi connectivity index (χ0) is 23.6. The fourth-order valence-corrected chi connectivity index (χ4v) is 3.84. The molecule has 2 aromatic carbocycles. The third kappa shape index (κ3) is 6.51. The number of carbonyl (C=O) groups is 1. The van der Waals surface area contributed by atoms with Crippen LogP contribution in [0.3, 0.4) is 0 Å². The number of nitrogens with zero attached hydrogens (tertiary/aromatic N) is 2. The second-order valence-electron chi connectivity index (χ2n) is 7.41. The summed E-state index contributed by atoms with van der Waals surface area (Å²) in [6, 6.07) is 17.3. The topological polar surface area (TPSA) is 63.3 Å². The van der Waals surface area contributed by atoms with E-state index in [4.69, 9.17) is 25.8 Å². The summed E-state index contributed by atoms with van der Waals surface area (Å²) >= 11 is 6.23. The third-order valence-electron chi connectivity index (χ3n) is 5.12. The highest BCUT2D eigenvalue weighted by molar-refractivity contribution is 6.33. The van der Waals surface area contributed by atoms with Crippen molar-refractivity contribution in [3.05, 3.63) is 90.2 Å². The van der Waals surface area contributed by atoms with E-state index in [1.165, 1.54) is 6.92 Å². The number of ether oxygens (including phenoxy) is 3. The molecule has 0 saturated carbocycles. The lowest BCUT2D eigenvalue weighted by atomic mass is 10.1. The van der Waals surface area contributed by atoms with Crippen molar-refractivity contribution in [2.45, 2.75) is 25.6 Å². The van der Waals surface area contributed by atoms with Crippen molar-refractivity contribution in [2.75, 3.05) is 32.1 Å². The van der Waals surface area contributed by atoms with Crippen molar-refractivity contribution in [2.24, 2.45) is 0 Å². The largest absolute Gasteiger partial charge is 0.422 e. The fourth-order valence-electron chi connectivity index (χ4n) is 3.64. The van der Waals surface area contributed by atoms with Crippen LogP contribution in [0.25, 0.3) is 0 Å². The summed E-state index contributed by atoms with van der Waals surface area (Å²) < 4.78 is 17.6. The second-order valence-corrected chi connectivity index (χ2v) is 7.81. The van der Waals surface area contributed by atoms with E-state index in [2.05, 4.69) is 11.9 Å². The number of hydrogen-bond donors (Lipinski definition) is 1. The van der Waals surface area contributed by atoms with Gasteiger partial charge in [0.05, 0.1) is 17.3 Å². The normalized spacial score (nSPS) is 17.0. The molecule has 0 radical (unpaired) electrons. The van der Waals surface area contributed by atoms with Gasteiger partial charge in [0, 0.05) is 39.5 Å². The van der Waals surface area contributed by atoms with Crippen LogP contribution in [0.4, 0.5) is 5.69 Å². The maximum Gasteiger partial charge on any atom is 0.305 e. The molecular formula is C25H30ClN3O4. The Morgan fingerprint density at radius 2 is 1.91 bits per heavy atom. The van der Waals surface area contributed by atoms with Gasteiger partial charge in [0.1, 0.15) is 6.10 Å². The smallest absolute Gasteiger partial charge is 0.305 e. The molecular weight excluding hydrogens is 442 g/mol. The number of anilines is 1. The third-order valence-corrected chi connectivity index (χ3v) is 5.45. The Kier molecular flexibility index (Phi) is 9.18. The number of para-hydroxylation sites is 1. The molecule has 8 heteroatoms. The average Bonchev–Trinajstić information content (AvgIpc) is 3.20. The Morgan fingerprint density at radius 1 is 1.18 bits per heavy atom. The summed E-state index contributed by atoms with van der Waals surface area (Å²) in [6.07, 6.45) is 3.76. The maximum absolute atomic E-state index is 11.9. The van der Waals surface area contributed by atoms with Gasteiger partial charge in [0.25, 0.3) is 6.35 Å². The van der Waals surface area contributed by atoms with Gasteiger partial charge in [-0.1, -0.05) is 60.1 Å². The first kappa shape index (κ1) is 24.6. The molecule has 7 nitrogen and oxygen atoms in total. The molecule has 2 aromatic rings. The molecule has 1 heterocycles. The van der Waals surface area contributed by atoms with Crippen molar-refractivity contribution in [3.8, 4) is 0 Å². The molecule has 3 rings (SSSR count). The van der Waals surface area contributed by atoms with E-state index < -0.39 is 24.7 Å². The molecule has 176 valence electrons. The number of methoxy groups -OCH3 is 1. The predicted molar refractivity (Wildman–Crippen MR) is 129 cm³/mol. The number of benzene rings is 2. The lowest BCUT2D eigenvalue weighted by Crippen LogP contribution is -2.50. The number of hydrogen-bond acceptors (Lipinski definition) is 7. The molecule has 0 bridgehead atoms. The molecule has 33 heavy (non-hydrogen) atoms. The quantitative estimate of drug-likeness (QED) is 0.358. The van der Waals surface area contributed by atoms with Crippen LogP contribution in [0, 0.1) is 0 Å². The molecule has 0 aromatic heterocycles. The minimum Gasteiger partial charge on any atom is -0.422 e. The van der Waals surface area contributed by atoms with Gasteiger partial charge in [0.15, 0.2) is 6.23 Å². The van der Waals surface area contributed by atoms with Gasteiger partial charge in [-0.25, -0.2) is 0 Å². The van der Waals surface area contributed by atoms with E-state index >= 15 is 0 Å². The van der Waals surface area contributed by atoms with Crippen LogP contribution < -0.4 is 5.32 Å². The predicted octanol–water partition coefficient (Wildman–Crippen LogP) is 4.60. The van der Waals surface area contributed by atoms with Crippen molar-refractivity contribution in [1.82, 2.24) is 9.80 Å². The highest BCUT2D eigenvalue weighted by atomic mass is 35.5. The zero-order valence-electron chi connectivity index (χ0n) is 18.9. The summed E-state index contributed by atoms with van der Waals surface area (Å²) in [7, 11) is 1.61. The summed E-state index contributed by atoms with van der Waals surface area (Å²) in [5, 5.41) is 3.96. The summed E-state index contributed by atoms with van der Waals surface area (Å²) in [6.45, 7) is 6.65. The SMILES string of the molecule is C=CCOC(c1ccccc1)C(OC)N1C=CN(CCNc2ccccc2Cl)C1OC(C)=O. The van der Waals surface area contributed by atoms with E-state index in [1.807, 2.05) is 76.8 Å². The van der Waals surface area contributed by atoms with Gasteiger partial charge in [-0.05, 0) is 17.7 Å². The summed E-state index contributed by atoms with van der Waals surface area (Å²) in [5.74, 6) is -0.393. The lowest BCUT2D eigenvalue weighted by molar-refractivity contribution is -0.199.